The van der Waals surface area contributed by atoms with Crippen LogP contribution in [0, 0.1) is 0 Å². The first-order chi connectivity index (χ1) is 8.08. The molecular formula is C11H16N2O3S. The average molecular weight is 256 g/mol. The summed E-state index contributed by atoms with van der Waals surface area (Å²) in [6.45, 7) is 0.665. The summed E-state index contributed by atoms with van der Waals surface area (Å²) in [6, 6.07) is 3.63. The SMILES string of the molecule is O=S(=O)(CCc1ccncc1)N1CC[C@@H](O)C1. The number of nitrogens with zero attached hydrogens (tertiary/aromatic N) is 2. The van der Waals surface area contributed by atoms with Crippen molar-refractivity contribution < 1.29 is 13.5 Å². The van der Waals surface area contributed by atoms with E-state index in [0.717, 1.165) is 5.56 Å². The Bertz CT molecular complexity index is 461. The molecular weight excluding hydrogens is 240 g/mol. The van der Waals surface area contributed by atoms with E-state index in [4.69, 9.17) is 0 Å². The first-order valence-electron chi connectivity index (χ1n) is 5.63. The predicted molar refractivity (Wildman–Crippen MR) is 63.9 cm³/mol. The molecule has 0 radical (unpaired) electrons. The zero-order valence-corrected chi connectivity index (χ0v) is 10.3. The van der Waals surface area contributed by atoms with Crippen LogP contribution in [0.3, 0.4) is 0 Å². The van der Waals surface area contributed by atoms with E-state index in [1.165, 1.54) is 4.31 Å². The molecule has 17 heavy (non-hydrogen) atoms. The van der Waals surface area contributed by atoms with Crippen molar-refractivity contribution in [1.82, 2.24) is 9.29 Å². The first kappa shape index (κ1) is 12.5. The molecule has 94 valence electrons. The fourth-order valence-corrected chi connectivity index (χ4v) is 3.42. The number of β-amino-alcohol motifs (C(OH)–C–C–N with tert-alkyl or cyclic N) is 1. The minimum atomic E-state index is -3.24. The lowest BCUT2D eigenvalue weighted by Crippen LogP contribution is -2.32. The van der Waals surface area contributed by atoms with Crippen LogP contribution >= 0.6 is 0 Å². The number of aromatic nitrogens is 1. The molecule has 1 N–H and O–H groups in total. The van der Waals surface area contributed by atoms with Crippen molar-refractivity contribution in [3.8, 4) is 0 Å². The van der Waals surface area contributed by atoms with Gasteiger partial charge in [-0.25, -0.2) is 8.42 Å². The molecule has 0 spiro atoms. The van der Waals surface area contributed by atoms with Crippen LogP contribution in [0.5, 0.6) is 0 Å². The van der Waals surface area contributed by atoms with E-state index < -0.39 is 16.1 Å². The van der Waals surface area contributed by atoms with Crippen LogP contribution in [0.1, 0.15) is 12.0 Å². The highest BCUT2D eigenvalue weighted by atomic mass is 32.2. The summed E-state index contributed by atoms with van der Waals surface area (Å²) in [7, 11) is -3.24. The number of rotatable bonds is 4. The number of hydrogen-bond acceptors (Lipinski definition) is 4. The van der Waals surface area contributed by atoms with E-state index in [9.17, 15) is 13.5 Å². The number of sulfonamides is 1. The van der Waals surface area contributed by atoms with Gasteiger partial charge in [0.15, 0.2) is 0 Å². The van der Waals surface area contributed by atoms with Crippen LogP contribution in [0.15, 0.2) is 24.5 Å². The first-order valence-corrected chi connectivity index (χ1v) is 7.23. The van der Waals surface area contributed by atoms with Crippen molar-refractivity contribution in [3.05, 3.63) is 30.1 Å². The summed E-state index contributed by atoms with van der Waals surface area (Å²) >= 11 is 0. The van der Waals surface area contributed by atoms with Crippen LogP contribution in [-0.2, 0) is 16.4 Å². The fourth-order valence-electron chi connectivity index (χ4n) is 1.89. The Morgan fingerprint density at radius 3 is 2.71 bits per heavy atom. The molecule has 2 heterocycles. The van der Waals surface area contributed by atoms with Crippen LogP contribution in [-0.4, -0.2) is 47.8 Å². The molecule has 0 saturated carbocycles. The standard InChI is InChI=1S/C11H16N2O3S/c14-11-3-7-13(9-11)17(15,16)8-4-10-1-5-12-6-2-10/h1-2,5-6,11,14H,3-4,7-9H2/t11-/m1/s1. The maximum atomic E-state index is 12.0. The largest absolute Gasteiger partial charge is 0.392 e. The molecule has 2 rings (SSSR count). The van der Waals surface area contributed by atoms with E-state index in [-0.39, 0.29) is 12.3 Å². The maximum absolute atomic E-state index is 12.0. The van der Waals surface area contributed by atoms with E-state index in [2.05, 4.69) is 4.98 Å². The highest BCUT2D eigenvalue weighted by molar-refractivity contribution is 7.89. The van der Waals surface area contributed by atoms with Crippen molar-refractivity contribution in [3.63, 3.8) is 0 Å². The van der Waals surface area contributed by atoms with Gasteiger partial charge in [0.25, 0.3) is 0 Å². The lowest BCUT2D eigenvalue weighted by Gasteiger charge is -2.15. The van der Waals surface area contributed by atoms with Crippen LogP contribution in [0.2, 0.25) is 0 Å². The Morgan fingerprint density at radius 1 is 1.41 bits per heavy atom. The Labute approximate surface area is 101 Å². The van der Waals surface area contributed by atoms with E-state index in [1.54, 1.807) is 12.4 Å². The Hall–Kier alpha value is -0.980. The molecule has 1 aliphatic heterocycles. The van der Waals surface area contributed by atoms with Gasteiger partial charge in [-0.15, -0.1) is 0 Å². The van der Waals surface area contributed by atoms with Gasteiger partial charge in [-0.1, -0.05) is 0 Å². The lowest BCUT2D eigenvalue weighted by molar-refractivity contribution is 0.189. The molecule has 1 fully saturated rings. The van der Waals surface area contributed by atoms with Crippen molar-refractivity contribution in [2.75, 3.05) is 18.8 Å². The van der Waals surface area contributed by atoms with Crippen molar-refractivity contribution >= 4 is 10.0 Å². The topological polar surface area (TPSA) is 70.5 Å². The molecule has 1 aromatic heterocycles. The summed E-state index contributed by atoms with van der Waals surface area (Å²) in [4.78, 5) is 3.88. The lowest BCUT2D eigenvalue weighted by atomic mass is 10.2. The number of aryl methyl sites for hydroxylation is 1. The zero-order chi connectivity index (χ0) is 12.3. The highest BCUT2D eigenvalue weighted by Crippen LogP contribution is 2.14. The third kappa shape index (κ3) is 3.24. The predicted octanol–water partition coefficient (Wildman–Crippen LogP) is 0.0205. The summed E-state index contributed by atoms with van der Waals surface area (Å²) in [5, 5.41) is 9.33. The molecule has 6 heteroatoms. The Balaban J connectivity index is 1.94. The van der Waals surface area contributed by atoms with Gasteiger partial charge < -0.3 is 5.11 Å². The normalized spacial score (nSPS) is 21.8. The van der Waals surface area contributed by atoms with Crippen molar-refractivity contribution in [2.24, 2.45) is 0 Å². The van der Waals surface area contributed by atoms with Crippen LogP contribution in [0.4, 0.5) is 0 Å². The number of aliphatic hydroxyl groups is 1. The second-order valence-electron chi connectivity index (χ2n) is 4.22. The second-order valence-corrected chi connectivity index (χ2v) is 6.31. The van der Waals surface area contributed by atoms with Crippen LogP contribution < -0.4 is 0 Å². The maximum Gasteiger partial charge on any atom is 0.214 e. The molecule has 0 aliphatic carbocycles. The summed E-state index contributed by atoms with van der Waals surface area (Å²) in [6.07, 6.45) is 3.82. The van der Waals surface area contributed by atoms with Crippen LogP contribution in [0.25, 0.3) is 0 Å². The Morgan fingerprint density at radius 2 is 2.12 bits per heavy atom. The van der Waals surface area contributed by atoms with E-state index in [1.807, 2.05) is 12.1 Å². The van der Waals surface area contributed by atoms with Gasteiger partial charge in [0.05, 0.1) is 11.9 Å². The van der Waals surface area contributed by atoms with Gasteiger partial charge in [0.1, 0.15) is 0 Å². The molecule has 5 nitrogen and oxygen atoms in total. The molecule has 0 unspecified atom stereocenters. The minimum absolute atomic E-state index is 0.0870. The molecule has 0 aromatic carbocycles. The smallest absolute Gasteiger partial charge is 0.214 e. The fraction of sp³-hybridized carbons (Fsp3) is 0.545. The second kappa shape index (κ2) is 5.12. The van der Waals surface area contributed by atoms with Gasteiger partial charge in [-0.05, 0) is 30.5 Å². The number of hydrogen-bond donors (Lipinski definition) is 1. The summed E-state index contributed by atoms with van der Waals surface area (Å²) in [5.41, 5.74) is 0.961. The van der Waals surface area contributed by atoms with Gasteiger partial charge in [-0.3, -0.25) is 4.98 Å². The third-order valence-electron chi connectivity index (χ3n) is 2.92. The van der Waals surface area contributed by atoms with E-state index in [0.29, 0.717) is 19.4 Å². The average Bonchev–Trinajstić information content (AvgIpc) is 2.76. The van der Waals surface area contributed by atoms with Gasteiger partial charge in [0.2, 0.25) is 10.0 Å². The number of pyridine rings is 1. The molecule has 1 saturated heterocycles. The highest BCUT2D eigenvalue weighted by Gasteiger charge is 2.29. The summed E-state index contributed by atoms with van der Waals surface area (Å²) in [5.74, 6) is 0.0870. The van der Waals surface area contributed by atoms with Gasteiger partial charge in [0, 0.05) is 25.5 Å². The third-order valence-corrected chi connectivity index (χ3v) is 4.76. The monoisotopic (exact) mass is 256 g/mol. The number of aliphatic hydroxyl groups excluding tert-OH is 1. The quantitative estimate of drug-likeness (QED) is 0.824. The zero-order valence-electron chi connectivity index (χ0n) is 9.49. The summed E-state index contributed by atoms with van der Waals surface area (Å²) < 4.78 is 25.3. The van der Waals surface area contributed by atoms with E-state index >= 15 is 0 Å². The van der Waals surface area contributed by atoms with Crippen molar-refractivity contribution in [2.45, 2.75) is 18.9 Å². The van der Waals surface area contributed by atoms with Crippen molar-refractivity contribution in [1.29, 1.82) is 0 Å². The molecule has 1 aliphatic rings. The molecule has 0 amide bonds. The van der Waals surface area contributed by atoms with Gasteiger partial charge >= 0.3 is 0 Å². The Kier molecular flexibility index (Phi) is 3.76. The minimum Gasteiger partial charge on any atom is -0.392 e. The molecule has 1 aromatic rings. The molecule has 1 atom stereocenters. The molecule has 0 bridgehead atoms. The van der Waals surface area contributed by atoms with Gasteiger partial charge in [-0.2, -0.15) is 4.31 Å².